The van der Waals surface area contributed by atoms with Crippen LogP contribution in [0.15, 0.2) is 24.3 Å². The van der Waals surface area contributed by atoms with Gasteiger partial charge >= 0.3 is 6.18 Å². The van der Waals surface area contributed by atoms with Crippen LogP contribution in [0.4, 0.5) is 13.2 Å². The molecule has 1 atom stereocenters. The fourth-order valence-electron chi connectivity index (χ4n) is 2.95. The van der Waals surface area contributed by atoms with Gasteiger partial charge in [0, 0.05) is 5.56 Å². The average Bonchev–Trinajstić information content (AvgIpc) is 2.52. The van der Waals surface area contributed by atoms with E-state index in [0.29, 0.717) is 0 Å². The quantitative estimate of drug-likeness (QED) is 0.892. The van der Waals surface area contributed by atoms with E-state index >= 15 is 0 Å². The molecule has 1 saturated carbocycles. The number of amides is 2. The molecule has 0 heterocycles. The molecule has 0 spiro atoms. The first-order chi connectivity index (χ1) is 10.8. The molecular weight excluding hydrogens is 309 g/mol. The van der Waals surface area contributed by atoms with Crippen molar-refractivity contribution in [1.82, 2.24) is 5.32 Å². The second kappa shape index (κ2) is 7.02. The van der Waals surface area contributed by atoms with Crippen molar-refractivity contribution in [3.8, 4) is 0 Å². The van der Waals surface area contributed by atoms with Crippen molar-refractivity contribution in [3.63, 3.8) is 0 Å². The smallest absolute Gasteiger partial charge is 0.368 e. The fourth-order valence-corrected chi connectivity index (χ4v) is 2.95. The summed E-state index contributed by atoms with van der Waals surface area (Å²) in [6, 6.07) is 3.26. The first-order valence-corrected chi connectivity index (χ1v) is 7.56. The Kier molecular flexibility index (Phi) is 5.28. The van der Waals surface area contributed by atoms with Gasteiger partial charge in [0.15, 0.2) is 0 Å². The molecule has 3 N–H and O–H groups in total. The number of halogens is 3. The van der Waals surface area contributed by atoms with E-state index in [1.165, 1.54) is 6.07 Å². The number of carbonyl (C=O) groups excluding carboxylic acids is 2. The van der Waals surface area contributed by atoms with E-state index < -0.39 is 29.6 Å². The number of nitrogens with one attached hydrogen (secondary N) is 1. The molecule has 1 aliphatic rings. The molecule has 126 valence electrons. The van der Waals surface area contributed by atoms with Gasteiger partial charge < -0.3 is 11.1 Å². The van der Waals surface area contributed by atoms with E-state index in [4.69, 9.17) is 5.73 Å². The third kappa shape index (κ3) is 4.46. The molecule has 7 heteroatoms. The normalized spacial score (nSPS) is 17.5. The Morgan fingerprint density at radius 3 is 2.39 bits per heavy atom. The highest BCUT2D eigenvalue weighted by Crippen LogP contribution is 2.30. The van der Waals surface area contributed by atoms with Gasteiger partial charge in [0.05, 0.1) is 5.56 Å². The Morgan fingerprint density at radius 1 is 1.17 bits per heavy atom. The summed E-state index contributed by atoms with van der Waals surface area (Å²) in [5.74, 6) is -1.43. The molecular formula is C16H19F3N2O2. The minimum atomic E-state index is -4.53. The Labute approximate surface area is 132 Å². The molecule has 0 unspecified atom stereocenters. The summed E-state index contributed by atoms with van der Waals surface area (Å²) in [6.45, 7) is 0. The van der Waals surface area contributed by atoms with Crippen molar-refractivity contribution in [1.29, 1.82) is 0 Å². The average molecular weight is 328 g/mol. The summed E-state index contributed by atoms with van der Waals surface area (Å²) in [7, 11) is 0. The molecule has 0 aliphatic heterocycles. The van der Waals surface area contributed by atoms with Crippen molar-refractivity contribution >= 4 is 11.8 Å². The van der Waals surface area contributed by atoms with Crippen LogP contribution in [0.25, 0.3) is 0 Å². The SMILES string of the molecule is NC(=O)[C@H](NC(=O)c1cccc(C(F)(F)F)c1)C1CCCCC1. The molecule has 1 fully saturated rings. The number of alkyl halides is 3. The van der Waals surface area contributed by atoms with Crippen LogP contribution >= 0.6 is 0 Å². The topological polar surface area (TPSA) is 72.2 Å². The van der Waals surface area contributed by atoms with Gasteiger partial charge in [-0.2, -0.15) is 13.2 Å². The van der Waals surface area contributed by atoms with Gasteiger partial charge in [-0.25, -0.2) is 0 Å². The standard InChI is InChI=1S/C16H19F3N2O2/c17-16(18,19)12-8-4-7-11(9-12)15(23)21-13(14(20)22)10-5-2-1-3-6-10/h4,7-10,13H,1-3,5-6H2,(H2,20,22)(H,21,23)/t13-/m1/s1. The maximum absolute atomic E-state index is 12.7. The predicted octanol–water partition coefficient (Wildman–Crippen LogP) is 2.87. The highest BCUT2D eigenvalue weighted by molar-refractivity contribution is 5.97. The van der Waals surface area contributed by atoms with E-state index in [-0.39, 0.29) is 11.5 Å². The highest BCUT2D eigenvalue weighted by Gasteiger charge is 2.32. The van der Waals surface area contributed by atoms with Crippen molar-refractivity contribution in [3.05, 3.63) is 35.4 Å². The van der Waals surface area contributed by atoms with Crippen molar-refractivity contribution in [2.75, 3.05) is 0 Å². The third-order valence-electron chi connectivity index (χ3n) is 4.17. The first kappa shape index (κ1) is 17.3. The lowest BCUT2D eigenvalue weighted by Gasteiger charge is -2.28. The van der Waals surface area contributed by atoms with Crippen molar-refractivity contribution in [2.45, 2.75) is 44.3 Å². The van der Waals surface area contributed by atoms with Gasteiger partial charge in [0.2, 0.25) is 5.91 Å². The van der Waals surface area contributed by atoms with E-state index in [2.05, 4.69) is 5.32 Å². The fraction of sp³-hybridized carbons (Fsp3) is 0.500. The van der Waals surface area contributed by atoms with Crippen LogP contribution in [0, 0.1) is 5.92 Å². The van der Waals surface area contributed by atoms with Gasteiger partial charge in [0.25, 0.3) is 5.91 Å². The van der Waals surface area contributed by atoms with Gasteiger partial charge in [-0.15, -0.1) is 0 Å². The van der Waals surface area contributed by atoms with Crippen LogP contribution in [0.5, 0.6) is 0 Å². The molecule has 0 aromatic heterocycles. The molecule has 2 rings (SSSR count). The molecule has 0 saturated heterocycles. The number of hydrogen-bond acceptors (Lipinski definition) is 2. The minimum Gasteiger partial charge on any atom is -0.368 e. The molecule has 1 aromatic carbocycles. The maximum Gasteiger partial charge on any atom is 0.416 e. The highest BCUT2D eigenvalue weighted by atomic mass is 19.4. The Morgan fingerprint density at radius 2 is 1.83 bits per heavy atom. The van der Waals surface area contributed by atoms with Gasteiger partial charge in [-0.3, -0.25) is 9.59 Å². The van der Waals surface area contributed by atoms with Crippen LogP contribution in [-0.4, -0.2) is 17.9 Å². The van der Waals surface area contributed by atoms with Crippen molar-refractivity contribution in [2.24, 2.45) is 11.7 Å². The first-order valence-electron chi connectivity index (χ1n) is 7.56. The van der Waals surface area contributed by atoms with Gasteiger partial charge in [-0.1, -0.05) is 25.3 Å². The number of benzene rings is 1. The largest absolute Gasteiger partial charge is 0.416 e. The third-order valence-corrected chi connectivity index (χ3v) is 4.17. The van der Waals surface area contributed by atoms with Crippen LogP contribution in [0.1, 0.15) is 48.0 Å². The summed E-state index contributed by atoms with van der Waals surface area (Å²) >= 11 is 0. The lowest BCUT2D eigenvalue weighted by atomic mass is 9.83. The van der Waals surface area contributed by atoms with Crippen LogP contribution < -0.4 is 11.1 Å². The lowest BCUT2D eigenvalue weighted by molar-refractivity contribution is -0.137. The van der Waals surface area contributed by atoms with Crippen molar-refractivity contribution < 1.29 is 22.8 Å². The number of rotatable bonds is 4. The van der Waals surface area contributed by atoms with Gasteiger partial charge in [0.1, 0.15) is 6.04 Å². The zero-order valence-corrected chi connectivity index (χ0v) is 12.5. The summed E-state index contributed by atoms with van der Waals surface area (Å²) < 4.78 is 38.1. The number of hydrogen-bond donors (Lipinski definition) is 2. The molecule has 1 aromatic rings. The van der Waals surface area contributed by atoms with E-state index in [9.17, 15) is 22.8 Å². The van der Waals surface area contributed by atoms with Crippen LogP contribution in [-0.2, 0) is 11.0 Å². The monoisotopic (exact) mass is 328 g/mol. The molecule has 1 aliphatic carbocycles. The lowest BCUT2D eigenvalue weighted by Crippen LogP contribution is -2.49. The number of primary amides is 1. The second-order valence-electron chi connectivity index (χ2n) is 5.83. The summed E-state index contributed by atoms with van der Waals surface area (Å²) in [6.07, 6.45) is 0.00100. The summed E-state index contributed by atoms with van der Waals surface area (Å²) in [4.78, 5) is 23.8. The van der Waals surface area contributed by atoms with Crippen LogP contribution in [0.3, 0.4) is 0 Å². The maximum atomic E-state index is 12.7. The molecule has 4 nitrogen and oxygen atoms in total. The molecule has 23 heavy (non-hydrogen) atoms. The molecule has 2 amide bonds. The van der Waals surface area contributed by atoms with E-state index in [0.717, 1.165) is 50.3 Å². The number of carbonyl (C=O) groups is 2. The minimum absolute atomic E-state index is 0.0593. The van der Waals surface area contributed by atoms with Crippen LogP contribution in [0.2, 0.25) is 0 Å². The summed E-state index contributed by atoms with van der Waals surface area (Å²) in [5, 5.41) is 2.50. The van der Waals surface area contributed by atoms with Gasteiger partial charge in [-0.05, 0) is 37.0 Å². The zero-order valence-electron chi connectivity index (χ0n) is 12.5. The number of nitrogens with two attached hydrogens (primary N) is 1. The van der Waals surface area contributed by atoms with E-state index in [1.807, 2.05) is 0 Å². The Bertz CT molecular complexity index is 581. The van der Waals surface area contributed by atoms with E-state index in [1.54, 1.807) is 0 Å². The molecule has 0 radical (unpaired) electrons. The predicted molar refractivity (Wildman–Crippen MR) is 78.5 cm³/mol. The second-order valence-corrected chi connectivity index (χ2v) is 5.83. The Balaban J connectivity index is 2.14. The zero-order chi connectivity index (χ0) is 17.0. The Hall–Kier alpha value is -2.05. The molecule has 0 bridgehead atoms. The summed E-state index contributed by atoms with van der Waals surface area (Å²) in [5.41, 5.74) is 4.32.